The number of likely N-dealkylation sites (tertiary alicyclic amines) is 1. The smallest absolute Gasteiger partial charge is 0.323 e. The van der Waals surface area contributed by atoms with E-state index in [2.05, 4.69) is 10.3 Å². The number of carbonyl (C=O) groups is 2. The maximum atomic E-state index is 14.5. The Balaban J connectivity index is 1.87. The lowest BCUT2D eigenvalue weighted by molar-refractivity contribution is -0.145. The third kappa shape index (κ3) is 4.27. The summed E-state index contributed by atoms with van der Waals surface area (Å²) in [6, 6.07) is 7.77. The quantitative estimate of drug-likeness (QED) is 0.777. The van der Waals surface area contributed by atoms with E-state index in [9.17, 15) is 18.4 Å². The number of rotatable bonds is 5. The van der Waals surface area contributed by atoms with Crippen LogP contribution in [0.5, 0.6) is 0 Å². The largest absolute Gasteiger partial charge is 0.468 e. The van der Waals surface area contributed by atoms with Crippen LogP contribution in [0.15, 0.2) is 36.4 Å². The molecular formula is C21H23F2N3O3. The average molecular weight is 403 g/mol. The summed E-state index contributed by atoms with van der Waals surface area (Å²) in [5, 5.41) is 2.80. The van der Waals surface area contributed by atoms with E-state index in [1.54, 1.807) is 18.0 Å². The molecule has 0 radical (unpaired) electrons. The topological polar surface area (TPSA) is 71.5 Å². The van der Waals surface area contributed by atoms with E-state index in [4.69, 9.17) is 4.74 Å². The van der Waals surface area contributed by atoms with Crippen molar-refractivity contribution in [1.82, 2.24) is 15.2 Å². The zero-order valence-corrected chi connectivity index (χ0v) is 16.5. The molecule has 2 aromatic rings. The molecule has 1 amide bonds. The summed E-state index contributed by atoms with van der Waals surface area (Å²) in [7, 11) is 2.86. The SMILES string of the molecule is COC(=O)[C@@H]1C[C@H](C(=O)NCc2cccc(C)n2)[C@H](c2cccc(F)c2F)N1C. The van der Waals surface area contributed by atoms with Gasteiger partial charge in [-0.25, -0.2) is 8.78 Å². The third-order valence-corrected chi connectivity index (χ3v) is 5.29. The monoisotopic (exact) mass is 403 g/mol. The average Bonchev–Trinajstić information content (AvgIpc) is 3.05. The predicted octanol–water partition coefficient (Wildman–Crippen LogP) is 2.52. The molecule has 0 aliphatic carbocycles. The Kier molecular flexibility index (Phi) is 6.22. The molecule has 6 nitrogen and oxygen atoms in total. The minimum atomic E-state index is -1.02. The summed E-state index contributed by atoms with van der Waals surface area (Å²) in [5.74, 6) is -3.66. The fourth-order valence-corrected chi connectivity index (χ4v) is 3.85. The molecule has 0 spiro atoms. The van der Waals surface area contributed by atoms with Crippen LogP contribution in [0.2, 0.25) is 0 Å². The highest BCUT2D eigenvalue weighted by molar-refractivity contribution is 5.83. The highest BCUT2D eigenvalue weighted by Crippen LogP contribution is 2.41. The first-order valence-corrected chi connectivity index (χ1v) is 9.27. The van der Waals surface area contributed by atoms with Gasteiger partial charge in [0.05, 0.1) is 31.3 Å². The molecule has 8 heteroatoms. The Labute approximate surface area is 167 Å². The van der Waals surface area contributed by atoms with Gasteiger partial charge in [-0.2, -0.15) is 0 Å². The van der Waals surface area contributed by atoms with E-state index in [1.807, 2.05) is 19.1 Å². The number of carbonyl (C=O) groups excluding carboxylic acids is 2. The maximum absolute atomic E-state index is 14.5. The Hall–Kier alpha value is -2.87. The van der Waals surface area contributed by atoms with Crippen molar-refractivity contribution >= 4 is 11.9 Å². The number of aryl methyl sites for hydroxylation is 1. The van der Waals surface area contributed by atoms with Crippen molar-refractivity contribution in [1.29, 1.82) is 0 Å². The Morgan fingerprint density at radius 1 is 1.24 bits per heavy atom. The van der Waals surface area contributed by atoms with Gasteiger partial charge in [-0.1, -0.05) is 18.2 Å². The molecule has 29 heavy (non-hydrogen) atoms. The van der Waals surface area contributed by atoms with Gasteiger partial charge in [-0.15, -0.1) is 0 Å². The Bertz CT molecular complexity index is 922. The number of halogens is 2. The molecule has 1 saturated heterocycles. The first kappa shape index (κ1) is 20.9. The molecule has 0 bridgehead atoms. The first-order chi connectivity index (χ1) is 13.8. The van der Waals surface area contributed by atoms with Gasteiger partial charge in [0, 0.05) is 11.3 Å². The van der Waals surface area contributed by atoms with Crippen molar-refractivity contribution in [3.05, 3.63) is 65.0 Å². The number of likely N-dealkylation sites (N-methyl/N-ethyl adjacent to an activating group) is 1. The molecule has 0 saturated carbocycles. The lowest BCUT2D eigenvalue weighted by Gasteiger charge is -2.27. The van der Waals surface area contributed by atoms with Crippen molar-refractivity contribution in [3.8, 4) is 0 Å². The number of ether oxygens (including phenoxy) is 1. The second-order valence-corrected chi connectivity index (χ2v) is 7.12. The molecule has 1 N–H and O–H groups in total. The van der Waals surface area contributed by atoms with Crippen LogP contribution < -0.4 is 5.32 Å². The molecular weight excluding hydrogens is 380 g/mol. The number of nitrogens with one attached hydrogen (secondary N) is 1. The zero-order chi connectivity index (χ0) is 21.1. The number of hydrogen-bond donors (Lipinski definition) is 1. The van der Waals surface area contributed by atoms with Crippen molar-refractivity contribution in [2.75, 3.05) is 14.2 Å². The van der Waals surface area contributed by atoms with Crippen LogP contribution in [-0.2, 0) is 20.9 Å². The highest BCUT2D eigenvalue weighted by atomic mass is 19.2. The summed E-state index contributed by atoms with van der Waals surface area (Å²) >= 11 is 0. The number of hydrogen-bond acceptors (Lipinski definition) is 5. The number of aromatic nitrogens is 1. The summed E-state index contributed by atoms with van der Waals surface area (Å²) in [4.78, 5) is 31.0. The minimum absolute atomic E-state index is 0.0349. The first-order valence-electron chi connectivity index (χ1n) is 9.27. The second kappa shape index (κ2) is 8.65. The fourth-order valence-electron chi connectivity index (χ4n) is 3.85. The van der Waals surface area contributed by atoms with Gasteiger partial charge in [-0.3, -0.25) is 19.5 Å². The van der Waals surface area contributed by atoms with Gasteiger partial charge in [0.1, 0.15) is 6.04 Å². The number of pyridine rings is 1. The number of nitrogens with zero attached hydrogens (tertiary/aromatic N) is 2. The van der Waals surface area contributed by atoms with Gasteiger partial charge in [0.2, 0.25) is 5.91 Å². The van der Waals surface area contributed by atoms with E-state index in [0.717, 1.165) is 11.8 Å². The predicted molar refractivity (Wildman–Crippen MR) is 102 cm³/mol. The number of esters is 1. The zero-order valence-electron chi connectivity index (χ0n) is 16.5. The number of methoxy groups -OCH3 is 1. The van der Waals surface area contributed by atoms with Gasteiger partial charge in [0.25, 0.3) is 0 Å². The van der Waals surface area contributed by atoms with Crippen LogP contribution >= 0.6 is 0 Å². The summed E-state index contributed by atoms with van der Waals surface area (Å²) < 4.78 is 33.2. The normalized spacial score (nSPS) is 21.8. The van der Waals surface area contributed by atoms with Crippen LogP contribution in [0.1, 0.15) is 29.4 Å². The lowest BCUT2D eigenvalue weighted by atomic mass is 9.91. The Morgan fingerprint density at radius 2 is 1.97 bits per heavy atom. The molecule has 154 valence electrons. The standard InChI is InChI=1S/C21H23F2N3O3/c1-12-6-4-7-13(25-12)11-24-20(27)15-10-17(21(28)29-3)26(2)19(15)14-8-5-9-16(22)18(14)23/h4-9,15,17,19H,10-11H2,1-3H3,(H,24,27)/t15-,17-,19-/m0/s1. The lowest BCUT2D eigenvalue weighted by Crippen LogP contribution is -2.36. The molecule has 1 aliphatic rings. The van der Waals surface area contributed by atoms with Crippen LogP contribution in [-0.4, -0.2) is 42.0 Å². The number of amides is 1. The van der Waals surface area contributed by atoms with Gasteiger partial charge in [0.15, 0.2) is 11.6 Å². The van der Waals surface area contributed by atoms with Crippen molar-refractivity contribution < 1.29 is 23.1 Å². The molecule has 0 unspecified atom stereocenters. The molecule has 3 atom stereocenters. The molecule has 1 fully saturated rings. The van der Waals surface area contributed by atoms with Gasteiger partial charge in [-0.05, 0) is 38.6 Å². The number of benzene rings is 1. The van der Waals surface area contributed by atoms with Gasteiger partial charge < -0.3 is 10.1 Å². The van der Waals surface area contributed by atoms with Crippen molar-refractivity contribution in [2.45, 2.75) is 32.0 Å². The van der Waals surface area contributed by atoms with E-state index < -0.39 is 35.6 Å². The summed E-state index contributed by atoms with van der Waals surface area (Å²) in [6.07, 6.45) is 0.136. The second-order valence-electron chi connectivity index (χ2n) is 7.12. The third-order valence-electron chi connectivity index (χ3n) is 5.29. The summed E-state index contributed by atoms with van der Waals surface area (Å²) in [5.41, 5.74) is 1.54. The van der Waals surface area contributed by atoms with Crippen LogP contribution in [0.25, 0.3) is 0 Å². The fraction of sp³-hybridized carbons (Fsp3) is 0.381. The van der Waals surface area contributed by atoms with E-state index in [-0.39, 0.29) is 24.4 Å². The van der Waals surface area contributed by atoms with Crippen LogP contribution in [0, 0.1) is 24.5 Å². The van der Waals surface area contributed by atoms with E-state index in [1.165, 1.54) is 19.2 Å². The van der Waals surface area contributed by atoms with Crippen molar-refractivity contribution in [3.63, 3.8) is 0 Å². The Morgan fingerprint density at radius 3 is 2.66 bits per heavy atom. The van der Waals surface area contributed by atoms with Gasteiger partial charge >= 0.3 is 5.97 Å². The van der Waals surface area contributed by atoms with E-state index in [0.29, 0.717) is 5.69 Å². The highest BCUT2D eigenvalue weighted by Gasteiger charge is 2.47. The molecule has 2 heterocycles. The van der Waals surface area contributed by atoms with Crippen LogP contribution in [0.3, 0.4) is 0 Å². The minimum Gasteiger partial charge on any atom is -0.468 e. The summed E-state index contributed by atoms with van der Waals surface area (Å²) in [6.45, 7) is 2.04. The van der Waals surface area contributed by atoms with E-state index >= 15 is 0 Å². The van der Waals surface area contributed by atoms with Crippen LogP contribution in [0.4, 0.5) is 8.78 Å². The molecule has 1 aromatic heterocycles. The molecule has 1 aliphatic heterocycles. The molecule has 1 aromatic carbocycles. The molecule has 3 rings (SSSR count). The van der Waals surface area contributed by atoms with Crippen molar-refractivity contribution in [2.24, 2.45) is 5.92 Å². The maximum Gasteiger partial charge on any atom is 0.323 e.